The molecule has 4 aliphatic rings. The predicted octanol–water partition coefficient (Wildman–Crippen LogP) is 2.11. The zero-order valence-corrected chi connectivity index (χ0v) is 15.2. The van der Waals surface area contributed by atoms with Crippen molar-refractivity contribution >= 4 is 22.1 Å². The van der Waals surface area contributed by atoms with Crippen LogP contribution in [-0.4, -0.2) is 49.5 Å². The molecule has 0 aromatic heterocycles. The van der Waals surface area contributed by atoms with Crippen LogP contribution >= 0.6 is 0 Å². The third kappa shape index (κ3) is 4.74. The summed E-state index contributed by atoms with van der Waals surface area (Å²) in [7, 11) is -5.02. The lowest BCUT2D eigenvalue weighted by Crippen LogP contribution is -2.51. The fraction of sp³-hybridized carbons (Fsp3) is 0.875. The Bertz CT molecular complexity index is 681. The Balaban J connectivity index is 1.56. The molecule has 4 fully saturated rings. The smallest absolute Gasteiger partial charge is 0.426 e. The van der Waals surface area contributed by atoms with Crippen molar-refractivity contribution in [3.8, 4) is 0 Å². The van der Waals surface area contributed by atoms with Gasteiger partial charge in [-0.15, -0.1) is 0 Å². The lowest BCUT2D eigenvalue weighted by Gasteiger charge is -2.55. The Morgan fingerprint density at radius 3 is 1.96 bits per heavy atom. The zero-order valence-electron chi connectivity index (χ0n) is 14.4. The minimum atomic E-state index is -5.19. The van der Waals surface area contributed by atoms with Crippen LogP contribution in [0.3, 0.4) is 0 Å². The summed E-state index contributed by atoms with van der Waals surface area (Å²) in [5.41, 5.74) is -0.674. The Morgan fingerprint density at radius 2 is 1.56 bits per heavy atom. The molecule has 0 saturated heterocycles. The minimum Gasteiger partial charge on any atom is -0.453 e. The number of halogens is 3. The highest BCUT2D eigenvalue weighted by molar-refractivity contribution is 7.85. The Hall–Kier alpha value is -1.36. The second-order valence-electron chi connectivity index (χ2n) is 8.04. The molecule has 1 unspecified atom stereocenters. The van der Waals surface area contributed by atoms with Crippen LogP contribution in [0.4, 0.5) is 13.2 Å². The first kappa shape index (κ1) is 20.4. The lowest BCUT2D eigenvalue weighted by atomic mass is 9.49. The maximum Gasteiger partial charge on any atom is 0.426 e. The average Bonchev–Trinajstić information content (AvgIpc) is 2.48. The van der Waals surface area contributed by atoms with E-state index in [9.17, 15) is 31.2 Å². The van der Waals surface area contributed by atoms with Gasteiger partial charge in [0.15, 0.2) is 6.61 Å². The van der Waals surface area contributed by atoms with E-state index in [4.69, 9.17) is 9.29 Å². The molecule has 4 rings (SSSR count). The van der Waals surface area contributed by atoms with Crippen LogP contribution in [-0.2, 0) is 29.2 Å². The number of carbonyl (C=O) groups excluding carboxylic acids is 2. The fourth-order valence-electron chi connectivity index (χ4n) is 5.22. The highest BCUT2D eigenvalue weighted by Crippen LogP contribution is 2.60. The third-order valence-corrected chi connectivity index (χ3v) is 6.52. The second-order valence-corrected chi connectivity index (χ2v) is 9.54. The number of esters is 2. The molecular weight excluding hydrogens is 393 g/mol. The van der Waals surface area contributed by atoms with E-state index in [2.05, 4.69) is 4.74 Å². The van der Waals surface area contributed by atoms with Crippen LogP contribution in [0.2, 0.25) is 0 Å². The van der Waals surface area contributed by atoms with Crippen molar-refractivity contribution in [3.63, 3.8) is 0 Å². The normalized spacial score (nSPS) is 33.6. The van der Waals surface area contributed by atoms with E-state index in [1.807, 2.05) is 0 Å². The van der Waals surface area contributed by atoms with Gasteiger partial charge in [-0.1, -0.05) is 0 Å². The maximum absolute atomic E-state index is 12.8. The van der Waals surface area contributed by atoms with E-state index in [-0.39, 0.29) is 0 Å². The molecule has 1 N–H and O–H groups in total. The summed E-state index contributed by atoms with van der Waals surface area (Å²) in [6, 6.07) is 0. The van der Waals surface area contributed by atoms with Gasteiger partial charge in [0.1, 0.15) is 5.75 Å². The molecule has 11 heteroatoms. The van der Waals surface area contributed by atoms with Gasteiger partial charge in [0, 0.05) is 0 Å². The van der Waals surface area contributed by atoms with Gasteiger partial charge in [0.25, 0.3) is 10.1 Å². The van der Waals surface area contributed by atoms with Gasteiger partial charge >= 0.3 is 18.1 Å². The molecule has 4 aliphatic carbocycles. The van der Waals surface area contributed by atoms with Crippen molar-refractivity contribution in [2.45, 2.75) is 50.8 Å². The van der Waals surface area contributed by atoms with Crippen LogP contribution < -0.4 is 0 Å². The number of alkyl halides is 3. The van der Waals surface area contributed by atoms with E-state index in [1.165, 1.54) is 0 Å². The van der Waals surface area contributed by atoms with E-state index in [1.54, 1.807) is 0 Å². The standard InChI is InChI=1S/C16H21F3O7S/c17-16(18,19)12(8-27(22,23)24)26-13(20)7-25-14(21)15-4-9-1-10(5-15)3-11(2-9)6-15/h9-12H,1-8H2,(H,22,23,24). The molecular formula is C16H21F3O7S. The Morgan fingerprint density at radius 1 is 1.07 bits per heavy atom. The SMILES string of the molecule is O=C(COC(=O)C12CC3CC(CC(C3)C1)C2)OC(CS(=O)(=O)O)C(F)(F)F. The van der Waals surface area contributed by atoms with Gasteiger partial charge < -0.3 is 9.47 Å². The van der Waals surface area contributed by atoms with Gasteiger partial charge in [0.05, 0.1) is 5.41 Å². The van der Waals surface area contributed by atoms with Crippen molar-refractivity contribution in [3.05, 3.63) is 0 Å². The summed E-state index contributed by atoms with van der Waals surface area (Å²) < 4.78 is 77.2. The van der Waals surface area contributed by atoms with Crippen LogP contribution in [0.1, 0.15) is 38.5 Å². The van der Waals surface area contributed by atoms with Gasteiger partial charge in [-0.25, -0.2) is 4.79 Å². The second kappa shape index (κ2) is 6.91. The van der Waals surface area contributed by atoms with Crippen LogP contribution in [0.5, 0.6) is 0 Å². The van der Waals surface area contributed by atoms with Crippen LogP contribution in [0.15, 0.2) is 0 Å². The number of ether oxygens (including phenoxy) is 2. The van der Waals surface area contributed by atoms with Crippen molar-refractivity contribution in [1.82, 2.24) is 0 Å². The maximum atomic E-state index is 12.8. The minimum absolute atomic E-state index is 0.445. The van der Waals surface area contributed by atoms with Crippen molar-refractivity contribution in [2.24, 2.45) is 23.2 Å². The molecule has 0 radical (unpaired) electrons. The summed E-state index contributed by atoms with van der Waals surface area (Å²) in [5.74, 6) is -2.60. The molecule has 7 nitrogen and oxygen atoms in total. The summed E-state index contributed by atoms with van der Waals surface area (Å²) in [6.45, 7) is -1.03. The van der Waals surface area contributed by atoms with E-state index >= 15 is 0 Å². The molecule has 0 spiro atoms. The summed E-state index contributed by atoms with van der Waals surface area (Å²) in [5, 5.41) is 0. The van der Waals surface area contributed by atoms with Crippen LogP contribution in [0, 0.1) is 23.2 Å². The number of rotatable bonds is 6. The summed E-state index contributed by atoms with van der Waals surface area (Å²) in [4.78, 5) is 24.2. The average molecular weight is 414 g/mol. The molecule has 4 bridgehead atoms. The van der Waals surface area contributed by atoms with Crippen LogP contribution in [0.25, 0.3) is 0 Å². The first-order valence-corrected chi connectivity index (χ1v) is 10.4. The van der Waals surface area contributed by atoms with Gasteiger partial charge in [-0.05, 0) is 56.3 Å². The number of hydrogen-bond acceptors (Lipinski definition) is 6. The van der Waals surface area contributed by atoms with E-state index in [0.29, 0.717) is 37.0 Å². The zero-order chi connectivity index (χ0) is 20.0. The van der Waals surface area contributed by atoms with Gasteiger partial charge in [0.2, 0.25) is 6.10 Å². The monoisotopic (exact) mass is 414 g/mol. The van der Waals surface area contributed by atoms with Crippen molar-refractivity contribution in [2.75, 3.05) is 12.4 Å². The Labute approximate surface area is 154 Å². The fourth-order valence-corrected chi connectivity index (χ4v) is 5.86. The molecule has 154 valence electrons. The molecule has 0 aromatic carbocycles. The Kier molecular flexibility index (Phi) is 5.21. The summed E-state index contributed by atoms with van der Waals surface area (Å²) in [6.07, 6.45) is -2.97. The van der Waals surface area contributed by atoms with Crippen molar-refractivity contribution in [1.29, 1.82) is 0 Å². The highest BCUT2D eigenvalue weighted by atomic mass is 32.2. The largest absolute Gasteiger partial charge is 0.453 e. The molecule has 0 amide bonds. The molecule has 4 saturated carbocycles. The molecule has 0 aromatic rings. The van der Waals surface area contributed by atoms with Crippen molar-refractivity contribution < 1.29 is 45.2 Å². The number of carbonyl (C=O) groups is 2. The third-order valence-electron chi connectivity index (χ3n) is 5.79. The van der Waals surface area contributed by atoms with Gasteiger partial charge in [-0.2, -0.15) is 21.6 Å². The van der Waals surface area contributed by atoms with E-state index < -0.39 is 52.1 Å². The molecule has 0 heterocycles. The molecule has 1 atom stereocenters. The molecule has 27 heavy (non-hydrogen) atoms. The first-order chi connectivity index (χ1) is 12.4. The van der Waals surface area contributed by atoms with E-state index in [0.717, 1.165) is 19.3 Å². The topological polar surface area (TPSA) is 107 Å². The molecule has 0 aliphatic heterocycles. The predicted molar refractivity (Wildman–Crippen MR) is 83.9 cm³/mol. The number of hydrogen-bond donors (Lipinski definition) is 1. The summed E-state index contributed by atoms with van der Waals surface area (Å²) >= 11 is 0. The first-order valence-electron chi connectivity index (χ1n) is 8.75. The highest BCUT2D eigenvalue weighted by Gasteiger charge is 2.55. The van der Waals surface area contributed by atoms with Gasteiger partial charge in [-0.3, -0.25) is 9.35 Å². The quantitative estimate of drug-likeness (QED) is 0.524. The lowest BCUT2D eigenvalue weighted by molar-refractivity contribution is -0.218.